The van der Waals surface area contributed by atoms with Crippen molar-refractivity contribution in [3.05, 3.63) is 54.5 Å². The molecule has 0 spiro atoms. The second-order valence-corrected chi connectivity index (χ2v) is 8.06. The van der Waals surface area contributed by atoms with Crippen LogP contribution in [-0.4, -0.2) is 54.9 Å². The standard InChI is InChI=1S/C21H29N5O2S.HI/c22-20(27)26-13-9-17(10-14-26)25-21(23-11-8-18-5-4-15-28-18)24-12-16-29-19-6-2-1-3-7-19;/h1-7,15,17H,8-14,16H2,(H2,22,27)(H2,23,24,25);1H. The average molecular weight is 543 g/mol. The van der Waals surface area contributed by atoms with E-state index < -0.39 is 0 Å². The van der Waals surface area contributed by atoms with E-state index in [4.69, 9.17) is 15.1 Å². The van der Waals surface area contributed by atoms with E-state index in [2.05, 4.69) is 34.9 Å². The van der Waals surface area contributed by atoms with Crippen LogP contribution in [0.3, 0.4) is 0 Å². The molecule has 0 aliphatic carbocycles. The third-order valence-electron chi connectivity index (χ3n) is 4.76. The molecule has 0 saturated carbocycles. The van der Waals surface area contributed by atoms with Crippen LogP contribution in [0.15, 0.2) is 63.0 Å². The first-order valence-corrected chi connectivity index (χ1v) is 11.0. The highest BCUT2D eigenvalue weighted by Gasteiger charge is 2.21. The monoisotopic (exact) mass is 543 g/mol. The second-order valence-electron chi connectivity index (χ2n) is 6.89. The van der Waals surface area contributed by atoms with Crippen LogP contribution in [0.5, 0.6) is 0 Å². The van der Waals surface area contributed by atoms with Crippen molar-refractivity contribution in [3.8, 4) is 0 Å². The Morgan fingerprint density at radius 2 is 1.97 bits per heavy atom. The fourth-order valence-corrected chi connectivity index (χ4v) is 3.97. The molecule has 1 fully saturated rings. The van der Waals surface area contributed by atoms with Gasteiger partial charge in [0.1, 0.15) is 5.76 Å². The van der Waals surface area contributed by atoms with Crippen LogP contribution in [0.2, 0.25) is 0 Å². The molecule has 0 radical (unpaired) electrons. The minimum absolute atomic E-state index is 0. The quantitative estimate of drug-likeness (QED) is 0.156. The van der Waals surface area contributed by atoms with E-state index in [1.807, 2.05) is 30.0 Å². The lowest BCUT2D eigenvalue weighted by Gasteiger charge is -2.32. The van der Waals surface area contributed by atoms with Crippen molar-refractivity contribution in [3.63, 3.8) is 0 Å². The first-order chi connectivity index (χ1) is 14.2. The molecule has 2 heterocycles. The van der Waals surface area contributed by atoms with Crippen molar-refractivity contribution in [1.82, 2.24) is 15.5 Å². The van der Waals surface area contributed by atoms with Crippen LogP contribution in [-0.2, 0) is 6.42 Å². The molecule has 1 aliphatic heterocycles. The highest BCUT2D eigenvalue weighted by Crippen LogP contribution is 2.15. The van der Waals surface area contributed by atoms with E-state index in [0.717, 1.165) is 43.3 Å². The minimum Gasteiger partial charge on any atom is -0.469 e. The van der Waals surface area contributed by atoms with Crippen molar-refractivity contribution in [2.24, 2.45) is 10.7 Å². The van der Waals surface area contributed by atoms with Crippen LogP contribution in [0.25, 0.3) is 0 Å². The SMILES string of the molecule is I.NC(=O)N1CCC(NC(=NCCc2ccco2)NCCSc2ccccc2)CC1. The minimum atomic E-state index is -0.341. The van der Waals surface area contributed by atoms with Crippen LogP contribution in [0, 0.1) is 0 Å². The zero-order valence-electron chi connectivity index (χ0n) is 17.0. The molecule has 0 unspecified atom stereocenters. The first-order valence-electron chi connectivity index (χ1n) is 10.00. The van der Waals surface area contributed by atoms with Gasteiger partial charge in [-0.3, -0.25) is 4.99 Å². The van der Waals surface area contributed by atoms with Gasteiger partial charge in [0, 0.05) is 49.3 Å². The van der Waals surface area contributed by atoms with E-state index in [1.165, 1.54) is 4.90 Å². The van der Waals surface area contributed by atoms with Gasteiger partial charge in [-0.15, -0.1) is 35.7 Å². The number of hydrogen-bond donors (Lipinski definition) is 3. The van der Waals surface area contributed by atoms with Gasteiger partial charge < -0.3 is 25.7 Å². The Balaban J connectivity index is 0.00000320. The van der Waals surface area contributed by atoms with Crippen LogP contribution >= 0.6 is 35.7 Å². The Labute approximate surface area is 199 Å². The van der Waals surface area contributed by atoms with Gasteiger partial charge in [-0.1, -0.05) is 18.2 Å². The van der Waals surface area contributed by atoms with Gasteiger partial charge >= 0.3 is 6.03 Å². The van der Waals surface area contributed by atoms with Gasteiger partial charge in [-0.2, -0.15) is 0 Å². The number of primary amides is 1. The normalized spacial score (nSPS) is 14.8. The molecule has 1 aliphatic rings. The number of aliphatic imine (C=N–C) groups is 1. The number of rotatable bonds is 8. The first kappa shape index (κ1) is 24.4. The predicted octanol–water partition coefficient (Wildman–Crippen LogP) is 3.31. The third kappa shape index (κ3) is 8.47. The van der Waals surface area contributed by atoms with E-state index in [9.17, 15) is 4.79 Å². The number of nitrogens with zero attached hydrogens (tertiary/aromatic N) is 2. The lowest BCUT2D eigenvalue weighted by molar-refractivity contribution is 0.188. The molecule has 30 heavy (non-hydrogen) atoms. The van der Waals surface area contributed by atoms with Gasteiger partial charge in [0.2, 0.25) is 0 Å². The zero-order chi connectivity index (χ0) is 20.3. The number of halogens is 1. The third-order valence-corrected chi connectivity index (χ3v) is 5.78. The van der Waals surface area contributed by atoms with Gasteiger partial charge in [0.15, 0.2) is 5.96 Å². The number of hydrogen-bond acceptors (Lipinski definition) is 4. The Hall–Kier alpha value is -1.88. The molecule has 3 rings (SSSR count). The summed E-state index contributed by atoms with van der Waals surface area (Å²) in [4.78, 5) is 19.0. The van der Waals surface area contributed by atoms with E-state index in [0.29, 0.717) is 19.6 Å². The fraction of sp³-hybridized carbons (Fsp3) is 0.429. The van der Waals surface area contributed by atoms with Crippen molar-refractivity contribution >= 4 is 47.7 Å². The molecular weight excluding hydrogens is 513 g/mol. The molecule has 7 nitrogen and oxygen atoms in total. The maximum atomic E-state index is 11.3. The van der Waals surface area contributed by atoms with Crippen molar-refractivity contribution in [2.75, 3.05) is 31.9 Å². The zero-order valence-corrected chi connectivity index (χ0v) is 20.1. The molecule has 1 saturated heterocycles. The number of carbonyl (C=O) groups is 1. The number of nitrogens with two attached hydrogens (primary N) is 1. The van der Waals surface area contributed by atoms with Crippen molar-refractivity contribution in [1.29, 1.82) is 0 Å². The van der Waals surface area contributed by atoms with Gasteiger partial charge in [0.25, 0.3) is 0 Å². The number of piperidine rings is 1. The van der Waals surface area contributed by atoms with E-state index >= 15 is 0 Å². The summed E-state index contributed by atoms with van der Waals surface area (Å²) >= 11 is 1.82. The summed E-state index contributed by atoms with van der Waals surface area (Å²) in [7, 11) is 0. The molecule has 2 aromatic rings. The highest BCUT2D eigenvalue weighted by atomic mass is 127. The molecule has 9 heteroatoms. The number of furan rings is 1. The molecular formula is C21H30IN5O2S. The molecule has 2 amide bonds. The summed E-state index contributed by atoms with van der Waals surface area (Å²) in [5.74, 6) is 2.69. The second kappa shape index (κ2) is 13.4. The lowest BCUT2D eigenvalue weighted by atomic mass is 10.1. The summed E-state index contributed by atoms with van der Waals surface area (Å²) in [6, 6.07) is 14.2. The number of amides is 2. The van der Waals surface area contributed by atoms with E-state index in [1.54, 1.807) is 11.2 Å². The van der Waals surface area contributed by atoms with Gasteiger partial charge in [-0.05, 0) is 37.1 Å². The lowest BCUT2D eigenvalue weighted by Crippen LogP contribution is -2.51. The number of carbonyl (C=O) groups excluding carboxylic acids is 1. The molecule has 1 aromatic heterocycles. The maximum Gasteiger partial charge on any atom is 0.314 e. The molecule has 164 valence electrons. The topological polar surface area (TPSA) is 95.9 Å². The Kier molecular flexibility index (Phi) is 10.9. The van der Waals surface area contributed by atoms with Crippen LogP contribution < -0.4 is 16.4 Å². The summed E-state index contributed by atoms with van der Waals surface area (Å²) in [6.07, 6.45) is 4.17. The smallest absolute Gasteiger partial charge is 0.314 e. The summed E-state index contributed by atoms with van der Waals surface area (Å²) < 4.78 is 5.38. The summed E-state index contributed by atoms with van der Waals surface area (Å²) in [5.41, 5.74) is 5.37. The average Bonchev–Trinajstić information content (AvgIpc) is 3.25. The highest BCUT2D eigenvalue weighted by molar-refractivity contribution is 14.0. The predicted molar refractivity (Wildman–Crippen MR) is 133 cm³/mol. The maximum absolute atomic E-state index is 11.3. The largest absolute Gasteiger partial charge is 0.469 e. The van der Waals surface area contributed by atoms with Crippen molar-refractivity contribution < 1.29 is 9.21 Å². The molecule has 0 atom stereocenters. The molecule has 4 N–H and O–H groups in total. The fourth-order valence-electron chi connectivity index (χ4n) is 3.18. The molecule has 1 aromatic carbocycles. The number of nitrogens with one attached hydrogen (secondary N) is 2. The van der Waals surface area contributed by atoms with Crippen LogP contribution in [0.1, 0.15) is 18.6 Å². The molecule has 0 bridgehead atoms. The number of likely N-dealkylation sites (tertiary alicyclic amines) is 1. The number of guanidine groups is 1. The Bertz CT molecular complexity index is 765. The Morgan fingerprint density at radius 1 is 1.20 bits per heavy atom. The number of urea groups is 1. The summed E-state index contributed by atoms with van der Waals surface area (Å²) in [5, 5.41) is 6.95. The van der Waals surface area contributed by atoms with Gasteiger partial charge in [-0.25, -0.2) is 4.79 Å². The van der Waals surface area contributed by atoms with Gasteiger partial charge in [0.05, 0.1) is 6.26 Å². The van der Waals surface area contributed by atoms with Crippen LogP contribution in [0.4, 0.5) is 4.79 Å². The Morgan fingerprint density at radius 3 is 2.63 bits per heavy atom. The van der Waals surface area contributed by atoms with Crippen molar-refractivity contribution in [2.45, 2.75) is 30.2 Å². The summed E-state index contributed by atoms with van der Waals surface area (Å²) in [6.45, 7) is 2.81. The number of benzene rings is 1. The number of thioether (sulfide) groups is 1. The van der Waals surface area contributed by atoms with E-state index in [-0.39, 0.29) is 36.0 Å².